The molecule has 1 aliphatic heterocycles. The molecular formula is C17H24Cl6N2O4. The molecule has 1 rings (SSSR count). The van der Waals surface area contributed by atoms with Gasteiger partial charge in [-0.05, 0) is 32.1 Å². The van der Waals surface area contributed by atoms with E-state index in [9.17, 15) is 14.7 Å². The van der Waals surface area contributed by atoms with E-state index < -0.39 is 37.7 Å². The second-order valence-electron chi connectivity index (χ2n) is 6.64. The van der Waals surface area contributed by atoms with E-state index >= 15 is 0 Å². The van der Waals surface area contributed by atoms with Gasteiger partial charge >= 0.3 is 0 Å². The standard InChI is InChI=1S/C17H24Cl6N2O4/c1-3-4-13(26)24-10(5-7-16(18,19)20)15(28)25-11(6-8-17(21,22)23)12(29-2)9-14(25)27/h9-11,13,24,26H,3-8H2,1-2H3. The number of aliphatic hydroxyl groups is 1. The van der Waals surface area contributed by atoms with Crippen molar-refractivity contribution in [2.45, 2.75) is 71.3 Å². The molecule has 2 amide bonds. The number of alkyl halides is 6. The second kappa shape index (κ2) is 11.8. The Morgan fingerprint density at radius 2 is 1.79 bits per heavy atom. The average molecular weight is 533 g/mol. The number of hydrogen-bond acceptors (Lipinski definition) is 5. The molecule has 0 aromatic carbocycles. The van der Waals surface area contributed by atoms with Crippen molar-refractivity contribution in [2.75, 3.05) is 7.11 Å². The number of amides is 2. The molecule has 2 N–H and O–H groups in total. The van der Waals surface area contributed by atoms with Crippen molar-refractivity contribution in [3.8, 4) is 0 Å². The molecule has 1 aliphatic rings. The Balaban J connectivity index is 3.06. The zero-order valence-electron chi connectivity index (χ0n) is 15.9. The summed E-state index contributed by atoms with van der Waals surface area (Å²) in [6, 6.07) is -1.70. The van der Waals surface area contributed by atoms with Gasteiger partial charge in [-0.25, -0.2) is 0 Å². The number of carbonyl (C=O) groups is 2. The number of imide groups is 1. The van der Waals surface area contributed by atoms with Crippen LogP contribution in [0, 0.1) is 0 Å². The minimum absolute atomic E-state index is 0.0331. The maximum absolute atomic E-state index is 13.2. The molecule has 3 unspecified atom stereocenters. The number of carbonyl (C=O) groups excluding carboxylic acids is 2. The fourth-order valence-electron chi connectivity index (χ4n) is 2.94. The van der Waals surface area contributed by atoms with Gasteiger partial charge in [-0.15, -0.1) is 0 Å². The highest BCUT2D eigenvalue weighted by atomic mass is 35.6. The summed E-state index contributed by atoms with van der Waals surface area (Å²) in [5, 5.41) is 12.9. The van der Waals surface area contributed by atoms with Crippen LogP contribution >= 0.6 is 69.6 Å². The third-order valence-electron chi connectivity index (χ3n) is 4.29. The van der Waals surface area contributed by atoms with Crippen LogP contribution in [0.2, 0.25) is 0 Å². The first-order chi connectivity index (χ1) is 13.3. The first-order valence-electron chi connectivity index (χ1n) is 8.99. The fourth-order valence-corrected chi connectivity index (χ4v) is 3.59. The quantitative estimate of drug-likeness (QED) is 0.317. The van der Waals surface area contributed by atoms with E-state index in [1.54, 1.807) is 0 Å². The van der Waals surface area contributed by atoms with Crippen LogP contribution in [0.1, 0.15) is 45.4 Å². The molecule has 0 radical (unpaired) electrons. The highest BCUT2D eigenvalue weighted by Crippen LogP contribution is 2.36. The summed E-state index contributed by atoms with van der Waals surface area (Å²) in [6.45, 7) is 1.88. The van der Waals surface area contributed by atoms with Gasteiger partial charge in [0.15, 0.2) is 7.59 Å². The number of ether oxygens (including phenoxy) is 1. The molecule has 0 saturated carbocycles. The van der Waals surface area contributed by atoms with E-state index in [-0.39, 0.29) is 31.4 Å². The highest BCUT2D eigenvalue weighted by Gasteiger charge is 2.42. The zero-order chi connectivity index (χ0) is 22.4. The zero-order valence-corrected chi connectivity index (χ0v) is 20.5. The molecule has 0 aliphatic carbocycles. The topological polar surface area (TPSA) is 78.9 Å². The maximum atomic E-state index is 13.2. The molecule has 0 aromatic heterocycles. The second-order valence-corrected chi connectivity index (χ2v) is 11.7. The first-order valence-corrected chi connectivity index (χ1v) is 11.3. The lowest BCUT2D eigenvalue weighted by molar-refractivity contribution is -0.145. The molecular weight excluding hydrogens is 509 g/mol. The van der Waals surface area contributed by atoms with Crippen molar-refractivity contribution in [2.24, 2.45) is 0 Å². The van der Waals surface area contributed by atoms with Crippen molar-refractivity contribution in [1.29, 1.82) is 0 Å². The fraction of sp³-hybridized carbons (Fsp3) is 0.765. The molecule has 0 spiro atoms. The van der Waals surface area contributed by atoms with Gasteiger partial charge < -0.3 is 9.84 Å². The SMILES string of the molecule is CCCC(O)NC(CCC(Cl)(Cl)Cl)C(=O)N1C(=O)C=C(OC)C1CCC(Cl)(Cl)Cl. The van der Waals surface area contributed by atoms with Gasteiger partial charge in [0.05, 0.1) is 19.2 Å². The molecule has 1 heterocycles. The largest absolute Gasteiger partial charge is 0.499 e. The van der Waals surface area contributed by atoms with Crippen LogP contribution in [-0.2, 0) is 14.3 Å². The van der Waals surface area contributed by atoms with Gasteiger partial charge in [0.1, 0.15) is 12.0 Å². The Morgan fingerprint density at radius 3 is 2.28 bits per heavy atom. The Kier molecular flexibility index (Phi) is 11.2. The first kappa shape index (κ1) is 27.4. The van der Waals surface area contributed by atoms with Crippen LogP contribution in [0.25, 0.3) is 0 Å². The van der Waals surface area contributed by atoms with Gasteiger partial charge in [0.25, 0.3) is 5.91 Å². The summed E-state index contributed by atoms with van der Waals surface area (Å²) in [5.41, 5.74) is 0. The molecule has 0 bridgehead atoms. The minimum atomic E-state index is -1.59. The van der Waals surface area contributed by atoms with Crippen LogP contribution in [0.15, 0.2) is 11.8 Å². The number of halogens is 6. The van der Waals surface area contributed by atoms with Gasteiger partial charge in [0.2, 0.25) is 5.91 Å². The van der Waals surface area contributed by atoms with E-state index in [0.717, 1.165) is 4.90 Å². The number of hydrogen-bond donors (Lipinski definition) is 2. The van der Waals surface area contributed by atoms with E-state index in [1.807, 2.05) is 6.92 Å². The summed E-state index contributed by atoms with van der Waals surface area (Å²) < 4.78 is 2.10. The van der Waals surface area contributed by atoms with E-state index in [2.05, 4.69) is 5.32 Å². The van der Waals surface area contributed by atoms with Crippen LogP contribution in [0.3, 0.4) is 0 Å². The number of nitrogens with one attached hydrogen (secondary N) is 1. The smallest absolute Gasteiger partial charge is 0.257 e. The van der Waals surface area contributed by atoms with Gasteiger partial charge in [-0.3, -0.25) is 19.8 Å². The van der Waals surface area contributed by atoms with E-state index in [1.165, 1.54) is 13.2 Å². The average Bonchev–Trinajstić information content (AvgIpc) is 2.90. The molecule has 168 valence electrons. The molecule has 3 atom stereocenters. The number of methoxy groups -OCH3 is 1. The summed E-state index contributed by atoms with van der Waals surface area (Å²) >= 11 is 34.9. The molecule has 0 fully saturated rings. The minimum Gasteiger partial charge on any atom is -0.499 e. The lowest BCUT2D eigenvalue weighted by Crippen LogP contribution is -2.53. The van der Waals surface area contributed by atoms with Gasteiger partial charge in [-0.2, -0.15) is 0 Å². The Hall–Kier alpha value is 0.340. The van der Waals surface area contributed by atoms with Crippen molar-refractivity contribution in [3.05, 3.63) is 11.8 Å². The van der Waals surface area contributed by atoms with E-state index in [4.69, 9.17) is 74.3 Å². The lowest BCUT2D eigenvalue weighted by Gasteiger charge is -2.31. The molecule has 0 aromatic rings. The number of nitrogens with zero attached hydrogens (tertiary/aromatic N) is 1. The molecule has 29 heavy (non-hydrogen) atoms. The monoisotopic (exact) mass is 530 g/mol. The van der Waals surface area contributed by atoms with Crippen LogP contribution in [-0.4, -0.2) is 54.8 Å². The molecule has 0 saturated heterocycles. The van der Waals surface area contributed by atoms with E-state index in [0.29, 0.717) is 12.8 Å². The summed E-state index contributed by atoms with van der Waals surface area (Å²) in [5.74, 6) is -0.865. The Morgan fingerprint density at radius 1 is 1.21 bits per heavy atom. The third kappa shape index (κ3) is 9.56. The summed E-state index contributed by atoms with van der Waals surface area (Å²) in [4.78, 5) is 26.8. The predicted octanol–water partition coefficient (Wildman–Crippen LogP) is 4.63. The van der Waals surface area contributed by atoms with Crippen molar-refractivity contribution >= 4 is 81.4 Å². The van der Waals surface area contributed by atoms with Crippen molar-refractivity contribution in [1.82, 2.24) is 10.2 Å². The maximum Gasteiger partial charge on any atom is 0.257 e. The summed E-state index contributed by atoms with van der Waals surface area (Å²) in [6.07, 6.45) is 1.73. The Bertz CT molecular complexity index is 606. The normalized spacial score (nSPS) is 19.9. The van der Waals surface area contributed by atoms with Crippen LogP contribution in [0.4, 0.5) is 0 Å². The van der Waals surface area contributed by atoms with Crippen molar-refractivity contribution in [3.63, 3.8) is 0 Å². The van der Waals surface area contributed by atoms with Gasteiger partial charge in [-0.1, -0.05) is 83.0 Å². The number of rotatable bonds is 10. The third-order valence-corrected chi connectivity index (χ3v) is 5.42. The van der Waals surface area contributed by atoms with Crippen LogP contribution < -0.4 is 5.32 Å². The Labute approximate surface area is 200 Å². The highest BCUT2D eigenvalue weighted by molar-refractivity contribution is 6.67. The lowest BCUT2D eigenvalue weighted by atomic mass is 10.1. The van der Waals surface area contributed by atoms with Gasteiger partial charge in [0, 0.05) is 6.08 Å². The number of aliphatic hydroxyl groups excluding tert-OH is 1. The van der Waals surface area contributed by atoms with Crippen LogP contribution in [0.5, 0.6) is 0 Å². The molecule has 6 nitrogen and oxygen atoms in total. The van der Waals surface area contributed by atoms with Crippen molar-refractivity contribution < 1.29 is 19.4 Å². The summed E-state index contributed by atoms with van der Waals surface area (Å²) in [7, 11) is 1.39. The molecule has 12 heteroatoms. The predicted molar refractivity (Wildman–Crippen MR) is 118 cm³/mol.